The summed E-state index contributed by atoms with van der Waals surface area (Å²) in [6.45, 7) is 5.95. The van der Waals surface area contributed by atoms with E-state index in [2.05, 4.69) is 13.8 Å². The molecule has 3 fully saturated rings. The van der Waals surface area contributed by atoms with Gasteiger partial charge >= 0.3 is 0 Å². The first-order valence-electron chi connectivity index (χ1n) is 8.91. The summed E-state index contributed by atoms with van der Waals surface area (Å²) in [6, 6.07) is -0.553. The molecule has 5 heteroatoms. The van der Waals surface area contributed by atoms with Gasteiger partial charge in [0, 0.05) is 13.1 Å². The summed E-state index contributed by atoms with van der Waals surface area (Å²) in [4.78, 5) is 41.1. The lowest BCUT2D eigenvalue weighted by atomic mass is 9.81. The Kier molecular flexibility index (Phi) is 4.01. The number of carbonyl (C=O) groups excluding carboxylic acids is 3. The predicted molar refractivity (Wildman–Crippen MR) is 86.3 cm³/mol. The molecule has 1 saturated heterocycles. The van der Waals surface area contributed by atoms with Gasteiger partial charge in [-0.3, -0.25) is 19.3 Å². The Hall–Kier alpha value is -1.39. The van der Waals surface area contributed by atoms with Crippen LogP contribution in [0.4, 0.5) is 0 Å². The average Bonchev–Trinajstić information content (AvgIpc) is 3.25. The number of carbonyl (C=O) groups is 3. The van der Waals surface area contributed by atoms with Gasteiger partial charge in [0.05, 0.1) is 11.8 Å². The molecule has 23 heavy (non-hydrogen) atoms. The molecule has 1 aliphatic heterocycles. The third-order valence-electron chi connectivity index (χ3n) is 6.60. The minimum absolute atomic E-state index is 0.119. The zero-order valence-electron chi connectivity index (χ0n) is 14.7. The summed E-state index contributed by atoms with van der Waals surface area (Å²) in [7, 11) is 1.80. The minimum atomic E-state index is -0.685. The molecule has 3 rings (SSSR count). The molecule has 0 aromatic heterocycles. The molecular formula is C18H28N2O3. The van der Waals surface area contributed by atoms with Crippen LogP contribution in [0.2, 0.25) is 0 Å². The number of hydrogen-bond donors (Lipinski definition) is 0. The highest BCUT2D eigenvalue weighted by atomic mass is 16.2. The van der Waals surface area contributed by atoms with E-state index in [1.807, 2.05) is 0 Å². The predicted octanol–water partition coefficient (Wildman–Crippen LogP) is 2.20. The largest absolute Gasteiger partial charge is 0.341 e. The van der Waals surface area contributed by atoms with E-state index in [-0.39, 0.29) is 41.0 Å². The first kappa shape index (κ1) is 16.5. The van der Waals surface area contributed by atoms with Gasteiger partial charge in [-0.25, -0.2) is 0 Å². The molecule has 0 radical (unpaired) electrons. The van der Waals surface area contributed by atoms with Gasteiger partial charge < -0.3 is 4.90 Å². The molecular weight excluding hydrogens is 292 g/mol. The van der Waals surface area contributed by atoms with Crippen LogP contribution in [0, 0.1) is 17.3 Å². The molecule has 1 heterocycles. The highest BCUT2D eigenvalue weighted by Crippen LogP contribution is 2.49. The number of likely N-dealkylation sites (tertiary alicyclic amines) is 1. The second kappa shape index (κ2) is 5.60. The van der Waals surface area contributed by atoms with E-state index in [0.717, 1.165) is 38.5 Å². The standard InChI is InChI=1S/C18H28N2O3/c1-11(15(21)19(4)12(2)18(3)9-10-18)20-16(22)13-7-5-6-8-14(13)17(20)23/h11-14H,5-10H2,1-4H3/t11-,12-,13+,14+/m1/s1. The third-order valence-corrected chi connectivity index (χ3v) is 6.60. The Morgan fingerprint density at radius 1 is 1.13 bits per heavy atom. The van der Waals surface area contributed by atoms with E-state index in [1.54, 1.807) is 18.9 Å². The van der Waals surface area contributed by atoms with Crippen molar-refractivity contribution in [2.75, 3.05) is 7.05 Å². The number of amides is 3. The maximum absolute atomic E-state index is 12.8. The molecule has 0 spiro atoms. The number of rotatable bonds is 4. The Labute approximate surface area is 138 Å². The SMILES string of the molecule is C[C@H](C(=O)N(C)[C@H](C)C1(C)CC1)N1C(=O)[C@H]2CCCC[C@@H]2C1=O. The highest BCUT2D eigenvalue weighted by molar-refractivity contribution is 6.08. The number of fused-ring (bicyclic) bond motifs is 1. The van der Waals surface area contributed by atoms with Gasteiger partial charge in [-0.05, 0) is 44.9 Å². The van der Waals surface area contributed by atoms with Gasteiger partial charge in [-0.15, -0.1) is 0 Å². The van der Waals surface area contributed by atoms with E-state index in [0.29, 0.717) is 0 Å². The van der Waals surface area contributed by atoms with Crippen LogP contribution in [-0.4, -0.2) is 46.7 Å². The molecule has 0 unspecified atom stereocenters. The minimum Gasteiger partial charge on any atom is -0.341 e. The topological polar surface area (TPSA) is 57.7 Å². The molecule has 3 amide bonds. The number of likely N-dealkylation sites (N-methyl/N-ethyl adjacent to an activating group) is 1. The maximum atomic E-state index is 12.8. The van der Waals surface area contributed by atoms with Gasteiger partial charge in [0.15, 0.2) is 0 Å². The molecule has 4 atom stereocenters. The highest BCUT2D eigenvalue weighted by Gasteiger charge is 2.52. The van der Waals surface area contributed by atoms with Crippen LogP contribution in [0.5, 0.6) is 0 Å². The van der Waals surface area contributed by atoms with Crippen LogP contribution in [0.15, 0.2) is 0 Å². The van der Waals surface area contributed by atoms with Crippen molar-refractivity contribution < 1.29 is 14.4 Å². The fraction of sp³-hybridized carbons (Fsp3) is 0.833. The molecule has 3 aliphatic rings. The van der Waals surface area contributed by atoms with Crippen LogP contribution in [0.1, 0.15) is 59.3 Å². The quantitative estimate of drug-likeness (QED) is 0.746. The molecule has 0 bridgehead atoms. The van der Waals surface area contributed by atoms with Crippen LogP contribution in [-0.2, 0) is 14.4 Å². The van der Waals surface area contributed by atoms with Crippen LogP contribution >= 0.6 is 0 Å². The summed E-state index contributed by atoms with van der Waals surface area (Å²) in [5.74, 6) is -0.741. The van der Waals surface area contributed by atoms with Gasteiger partial charge in [0.25, 0.3) is 0 Å². The van der Waals surface area contributed by atoms with Gasteiger partial charge in [0.2, 0.25) is 17.7 Å². The van der Waals surface area contributed by atoms with E-state index in [1.165, 1.54) is 4.90 Å². The van der Waals surface area contributed by atoms with E-state index >= 15 is 0 Å². The van der Waals surface area contributed by atoms with Crippen molar-refractivity contribution in [3.05, 3.63) is 0 Å². The Bertz CT molecular complexity index is 516. The second-order valence-corrected chi connectivity index (χ2v) is 8.00. The summed E-state index contributed by atoms with van der Waals surface area (Å²) in [5.41, 5.74) is 0.192. The van der Waals surface area contributed by atoms with Crippen molar-refractivity contribution in [1.29, 1.82) is 0 Å². The molecule has 128 valence electrons. The molecule has 0 aromatic carbocycles. The van der Waals surface area contributed by atoms with Crippen LogP contribution in [0.3, 0.4) is 0 Å². The van der Waals surface area contributed by atoms with Crippen molar-refractivity contribution in [3.63, 3.8) is 0 Å². The van der Waals surface area contributed by atoms with E-state index in [4.69, 9.17) is 0 Å². The van der Waals surface area contributed by atoms with Crippen molar-refractivity contribution in [3.8, 4) is 0 Å². The number of nitrogens with zero attached hydrogens (tertiary/aromatic N) is 2. The second-order valence-electron chi connectivity index (χ2n) is 8.00. The van der Waals surface area contributed by atoms with Crippen molar-refractivity contribution in [1.82, 2.24) is 9.80 Å². The lowest BCUT2D eigenvalue weighted by molar-refractivity contribution is -0.151. The third kappa shape index (κ3) is 2.58. The molecule has 2 aliphatic carbocycles. The normalized spacial score (nSPS) is 31.6. The lowest BCUT2D eigenvalue weighted by Gasteiger charge is -2.34. The van der Waals surface area contributed by atoms with Gasteiger partial charge in [-0.2, -0.15) is 0 Å². The Balaban J connectivity index is 1.74. The van der Waals surface area contributed by atoms with Crippen molar-refractivity contribution >= 4 is 17.7 Å². The summed E-state index contributed by atoms with van der Waals surface area (Å²) in [5, 5.41) is 0. The molecule has 0 aromatic rings. The fourth-order valence-electron chi connectivity index (χ4n) is 4.25. The van der Waals surface area contributed by atoms with Crippen LogP contribution < -0.4 is 0 Å². The Morgan fingerprint density at radius 3 is 2.04 bits per heavy atom. The van der Waals surface area contributed by atoms with Crippen LogP contribution in [0.25, 0.3) is 0 Å². The zero-order chi connectivity index (χ0) is 16.9. The Morgan fingerprint density at radius 2 is 1.61 bits per heavy atom. The average molecular weight is 320 g/mol. The molecule has 2 saturated carbocycles. The molecule has 5 nitrogen and oxygen atoms in total. The monoisotopic (exact) mass is 320 g/mol. The van der Waals surface area contributed by atoms with Crippen molar-refractivity contribution in [2.24, 2.45) is 17.3 Å². The lowest BCUT2D eigenvalue weighted by Crippen LogP contribution is -2.52. The zero-order valence-corrected chi connectivity index (χ0v) is 14.7. The van der Waals surface area contributed by atoms with Gasteiger partial charge in [-0.1, -0.05) is 19.8 Å². The first-order chi connectivity index (χ1) is 10.8. The summed E-state index contributed by atoms with van der Waals surface area (Å²) >= 11 is 0. The number of imide groups is 1. The smallest absolute Gasteiger partial charge is 0.245 e. The first-order valence-corrected chi connectivity index (χ1v) is 8.91. The number of hydrogen-bond acceptors (Lipinski definition) is 3. The van der Waals surface area contributed by atoms with Crippen molar-refractivity contribution in [2.45, 2.75) is 71.4 Å². The van der Waals surface area contributed by atoms with Gasteiger partial charge in [0.1, 0.15) is 6.04 Å². The molecule has 0 N–H and O–H groups in total. The summed E-state index contributed by atoms with van der Waals surface area (Å²) < 4.78 is 0. The fourth-order valence-corrected chi connectivity index (χ4v) is 4.25. The maximum Gasteiger partial charge on any atom is 0.245 e. The summed E-state index contributed by atoms with van der Waals surface area (Å²) in [6.07, 6.45) is 5.85. The van der Waals surface area contributed by atoms with E-state index in [9.17, 15) is 14.4 Å². The van der Waals surface area contributed by atoms with E-state index < -0.39 is 6.04 Å².